The number of halogens is 1. The first kappa shape index (κ1) is 13.5. The number of anilines is 1. The van der Waals surface area contributed by atoms with Crippen LogP contribution >= 0.6 is 11.6 Å². The van der Waals surface area contributed by atoms with Crippen LogP contribution in [-0.2, 0) is 4.74 Å². The number of fused-ring (bicyclic) bond motifs is 1. The van der Waals surface area contributed by atoms with Gasteiger partial charge in [-0.25, -0.2) is 4.98 Å². The highest BCUT2D eigenvalue weighted by Gasteiger charge is 2.27. The Morgan fingerprint density at radius 2 is 2.30 bits per heavy atom. The number of pyridine rings is 1. The maximum absolute atomic E-state index is 9.73. The Labute approximate surface area is 122 Å². The highest BCUT2D eigenvalue weighted by atomic mass is 35.5. The first-order valence-electron chi connectivity index (χ1n) is 6.71. The minimum Gasteiger partial charge on any atom is -0.508 e. The minimum absolute atomic E-state index is 0.0160. The summed E-state index contributed by atoms with van der Waals surface area (Å²) in [5.74, 6) is 1.60. The number of alkyl halides is 1. The molecule has 1 N–H and O–H groups in total. The molecule has 1 aromatic heterocycles. The molecule has 1 aliphatic rings. The summed E-state index contributed by atoms with van der Waals surface area (Å²) in [5.41, 5.74) is 0. The molecular formula is C15H17ClN2O2. The lowest BCUT2D eigenvalue weighted by Crippen LogP contribution is -2.49. The van der Waals surface area contributed by atoms with Crippen molar-refractivity contribution in [3.05, 3.63) is 30.5 Å². The summed E-state index contributed by atoms with van der Waals surface area (Å²) in [7, 11) is 0. The third-order valence-corrected chi connectivity index (χ3v) is 4.02. The third-order valence-electron chi connectivity index (χ3n) is 3.68. The molecular weight excluding hydrogens is 276 g/mol. The monoisotopic (exact) mass is 292 g/mol. The van der Waals surface area contributed by atoms with E-state index < -0.39 is 0 Å². The molecule has 5 heteroatoms. The van der Waals surface area contributed by atoms with Crippen molar-refractivity contribution in [1.82, 2.24) is 4.98 Å². The van der Waals surface area contributed by atoms with Gasteiger partial charge in [-0.3, -0.25) is 0 Å². The average molecular weight is 293 g/mol. The molecule has 0 aliphatic carbocycles. The molecule has 1 fully saturated rings. The van der Waals surface area contributed by atoms with E-state index in [1.807, 2.05) is 12.1 Å². The average Bonchev–Trinajstić information content (AvgIpc) is 2.47. The van der Waals surface area contributed by atoms with E-state index in [1.165, 1.54) is 0 Å². The first-order valence-corrected chi connectivity index (χ1v) is 7.24. The summed E-state index contributed by atoms with van der Waals surface area (Å²) >= 11 is 5.91. The molecule has 2 unspecified atom stereocenters. The van der Waals surface area contributed by atoms with Gasteiger partial charge in [0.1, 0.15) is 11.6 Å². The molecule has 0 amide bonds. The molecule has 0 saturated carbocycles. The van der Waals surface area contributed by atoms with Gasteiger partial charge in [-0.1, -0.05) is 6.07 Å². The maximum atomic E-state index is 9.73. The molecule has 3 rings (SSSR count). The van der Waals surface area contributed by atoms with Crippen LogP contribution in [0.2, 0.25) is 0 Å². The highest BCUT2D eigenvalue weighted by molar-refractivity contribution is 6.18. The number of benzene rings is 1. The maximum Gasteiger partial charge on any atom is 0.136 e. The molecule has 0 bridgehead atoms. The number of phenols is 1. The van der Waals surface area contributed by atoms with Crippen LogP contribution in [0.5, 0.6) is 5.75 Å². The normalized spacial score (nSPS) is 23.2. The fraction of sp³-hybridized carbons (Fsp3) is 0.400. The predicted octanol–water partition coefficient (Wildman–Crippen LogP) is 2.77. The number of morpholine rings is 1. The van der Waals surface area contributed by atoms with Gasteiger partial charge >= 0.3 is 0 Å². The zero-order valence-corrected chi connectivity index (χ0v) is 12.0. The standard InChI is InChI=1S/C15H17ClN2O2/c1-10-9-20-13(7-16)8-18(10)15-14-6-12(19)3-2-11(14)4-5-17-15/h2-6,10,13,19H,7-9H2,1H3. The summed E-state index contributed by atoms with van der Waals surface area (Å²) < 4.78 is 5.68. The summed E-state index contributed by atoms with van der Waals surface area (Å²) in [6, 6.07) is 7.53. The zero-order chi connectivity index (χ0) is 14.1. The SMILES string of the molecule is CC1COC(CCl)CN1c1nccc2ccc(O)cc12. The fourth-order valence-corrected chi connectivity index (χ4v) is 2.76. The van der Waals surface area contributed by atoms with E-state index in [0.29, 0.717) is 19.0 Å². The molecule has 1 saturated heterocycles. The number of nitrogens with zero attached hydrogens (tertiary/aromatic N) is 2. The minimum atomic E-state index is 0.0160. The fourth-order valence-electron chi connectivity index (χ4n) is 2.58. The van der Waals surface area contributed by atoms with Gasteiger partial charge in [0.05, 0.1) is 24.6 Å². The Morgan fingerprint density at radius 3 is 3.10 bits per heavy atom. The van der Waals surface area contributed by atoms with Crippen LogP contribution in [0.3, 0.4) is 0 Å². The van der Waals surface area contributed by atoms with Crippen molar-refractivity contribution in [2.75, 3.05) is 23.9 Å². The van der Waals surface area contributed by atoms with Gasteiger partial charge in [0.2, 0.25) is 0 Å². The summed E-state index contributed by atoms with van der Waals surface area (Å²) in [4.78, 5) is 6.71. The van der Waals surface area contributed by atoms with Crippen LogP contribution in [-0.4, -0.2) is 41.3 Å². The molecule has 2 aromatic rings. The number of hydrogen-bond acceptors (Lipinski definition) is 4. The number of hydrogen-bond donors (Lipinski definition) is 1. The van der Waals surface area contributed by atoms with Gasteiger partial charge in [-0.15, -0.1) is 11.6 Å². The molecule has 106 valence electrons. The van der Waals surface area contributed by atoms with E-state index in [1.54, 1.807) is 18.3 Å². The second-order valence-corrected chi connectivity index (χ2v) is 5.46. The van der Waals surface area contributed by atoms with Gasteiger partial charge in [-0.05, 0) is 30.5 Å². The lowest BCUT2D eigenvalue weighted by atomic mass is 10.1. The summed E-state index contributed by atoms with van der Waals surface area (Å²) in [5, 5.41) is 11.7. The Bertz CT molecular complexity index is 620. The van der Waals surface area contributed by atoms with E-state index in [-0.39, 0.29) is 17.9 Å². The predicted molar refractivity (Wildman–Crippen MR) is 80.7 cm³/mol. The van der Waals surface area contributed by atoms with E-state index in [9.17, 15) is 5.11 Å². The van der Waals surface area contributed by atoms with Gasteiger partial charge < -0.3 is 14.7 Å². The molecule has 1 aliphatic heterocycles. The van der Waals surface area contributed by atoms with E-state index in [0.717, 1.165) is 16.6 Å². The topological polar surface area (TPSA) is 45.6 Å². The third kappa shape index (κ3) is 2.41. The number of phenolic OH excluding ortho intramolecular Hbond substituents is 1. The second-order valence-electron chi connectivity index (χ2n) is 5.15. The number of aromatic hydroxyl groups is 1. The van der Waals surface area contributed by atoms with E-state index in [4.69, 9.17) is 16.3 Å². The van der Waals surface area contributed by atoms with E-state index >= 15 is 0 Å². The van der Waals surface area contributed by atoms with E-state index in [2.05, 4.69) is 16.8 Å². The van der Waals surface area contributed by atoms with Gasteiger partial charge in [0.15, 0.2) is 0 Å². The van der Waals surface area contributed by atoms with Crippen LogP contribution in [0.25, 0.3) is 10.8 Å². The van der Waals surface area contributed by atoms with Crippen molar-refractivity contribution in [3.63, 3.8) is 0 Å². The molecule has 2 atom stereocenters. The van der Waals surface area contributed by atoms with Crippen molar-refractivity contribution in [3.8, 4) is 5.75 Å². The first-order chi connectivity index (χ1) is 9.69. The Kier molecular flexibility index (Phi) is 3.68. The van der Waals surface area contributed by atoms with Crippen molar-refractivity contribution in [1.29, 1.82) is 0 Å². The van der Waals surface area contributed by atoms with Crippen molar-refractivity contribution in [2.24, 2.45) is 0 Å². The molecule has 20 heavy (non-hydrogen) atoms. The van der Waals surface area contributed by atoms with Crippen molar-refractivity contribution >= 4 is 28.2 Å². The smallest absolute Gasteiger partial charge is 0.136 e. The Morgan fingerprint density at radius 1 is 1.45 bits per heavy atom. The summed E-state index contributed by atoms with van der Waals surface area (Å²) in [6.07, 6.45) is 1.81. The molecule has 2 heterocycles. The number of rotatable bonds is 2. The highest BCUT2D eigenvalue weighted by Crippen LogP contribution is 2.30. The lowest BCUT2D eigenvalue weighted by molar-refractivity contribution is 0.0362. The quantitative estimate of drug-likeness (QED) is 0.865. The Hall–Kier alpha value is -1.52. The number of aromatic nitrogens is 1. The largest absolute Gasteiger partial charge is 0.508 e. The Balaban J connectivity index is 2.06. The van der Waals surface area contributed by atoms with Crippen molar-refractivity contribution < 1.29 is 9.84 Å². The summed E-state index contributed by atoms with van der Waals surface area (Å²) in [6.45, 7) is 3.45. The van der Waals surface area contributed by atoms with Crippen LogP contribution in [0.1, 0.15) is 6.92 Å². The molecule has 4 nitrogen and oxygen atoms in total. The zero-order valence-electron chi connectivity index (χ0n) is 11.3. The van der Waals surface area contributed by atoms with Crippen LogP contribution in [0, 0.1) is 0 Å². The van der Waals surface area contributed by atoms with Crippen LogP contribution in [0.4, 0.5) is 5.82 Å². The van der Waals surface area contributed by atoms with Crippen LogP contribution < -0.4 is 4.90 Å². The second kappa shape index (κ2) is 5.46. The van der Waals surface area contributed by atoms with Gasteiger partial charge in [0.25, 0.3) is 0 Å². The molecule has 0 spiro atoms. The lowest BCUT2D eigenvalue weighted by Gasteiger charge is -2.38. The van der Waals surface area contributed by atoms with Crippen molar-refractivity contribution in [2.45, 2.75) is 19.1 Å². The van der Waals surface area contributed by atoms with Gasteiger partial charge in [-0.2, -0.15) is 0 Å². The molecule has 0 radical (unpaired) electrons. The van der Waals surface area contributed by atoms with Gasteiger partial charge in [0, 0.05) is 18.1 Å². The number of ether oxygens (including phenoxy) is 1. The molecule has 1 aromatic carbocycles. The van der Waals surface area contributed by atoms with Crippen LogP contribution in [0.15, 0.2) is 30.5 Å².